The first kappa shape index (κ1) is 14.1. The summed E-state index contributed by atoms with van der Waals surface area (Å²) in [6, 6.07) is 6.34. The Morgan fingerprint density at radius 2 is 2.10 bits per heavy atom. The lowest BCUT2D eigenvalue weighted by molar-refractivity contribution is 0.0697. The summed E-state index contributed by atoms with van der Waals surface area (Å²) in [5.41, 5.74) is 0.720. The molecule has 0 radical (unpaired) electrons. The quantitative estimate of drug-likeness (QED) is 0.902. The number of rotatable bonds is 4. The SMILES string of the molecule is CN(C)c1nccc(Nc2ccc(C(=O)O)c(Cl)c2)n1. The molecule has 2 rings (SSSR count). The van der Waals surface area contributed by atoms with Gasteiger partial charge in [-0.25, -0.2) is 9.78 Å². The van der Waals surface area contributed by atoms with Gasteiger partial charge in [0.15, 0.2) is 0 Å². The molecule has 2 N–H and O–H groups in total. The van der Waals surface area contributed by atoms with Crippen LogP contribution in [-0.2, 0) is 0 Å². The molecule has 0 saturated carbocycles. The van der Waals surface area contributed by atoms with Crippen molar-refractivity contribution in [1.29, 1.82) is 0 Å². The second-order valence-corrected chi connectivity index (χ2v) is 4.67. The number of hydrogen-bond donors (Lipinski definition) is 2. The number of halogens is 1. The van der Waals surface area contributed by atoms with E-state index in [4.69, 9.17) is 16.7 Å². The van der Waals surface area contributed by atoms with Gasteiger partial charge in [-0.3, -0.25) is 0 Å². The number of carbonyl (C=O) groups is 1. The molecule has 1 aromatic heterocycles. The molecule has 0 fully saturated rings. The first-order valence-electron chi connectivity index (χ1n) is 5.77. The van der Waals surface area contributed by atoms with Crippen LogP contribution in [0.25, 0.3) is 0 Å². The van der Waals surface area contributed by atoms with Gasteiger partial charge in [0.2, 0.25) is 5.95 Å². The predicted molar refractivity (Wildman–Crippen MR) is 78.1 cm³/mol. The van der Waals surface area contributed by atoms with Gasteiger partial charge in [0.05, 0.1) is 10.6 Å². The van der Waals surface area contributed by atoms with Crippen LogP contribution in [0.1, 0.15) is 10.4 Å². The number of aromatic carboxylic acids is 1. The summed E-state index contributed by atoms with van der Waals surface area (Å²) in [4.78, 5) is 21.1. The molecule has 104 valence electrons. The van der Waals surface area contributed by atoms with E-state index in [2.05, 4.69) is 15.3 Å². The molecule has 0 amide bonds. The van der Waals surface area contributed by atoms with Crippen LogP contribution in [0.5, 0.6) is 0 Å². The zero-order chi connectivity index (χ0) is 14.7. The van der Waals surface area contributed by atoms with Gasteiger partial charge in [-0.1, -0.05) is 11.6 Å². The van der Waals surface area contributed by atoms with Crippen LogP contribution in [0.4, 0.5) is 17.5 Å². The van der Waals surface area contributed by atoms with E-state index in [-0.39, 0.29) is 10.6 Å². The Balaban J connectivity index is 2.24. The molecule has 0 aliphatic heterocycles. The topological polar surface area (TPSA) is 78.4 Å². The molecule has 2 aromatic rings. The number of nitrogens with one attached hydrogen (secondary N) is 1. The van der Waals surface area contributed by atoms with Gasteiger partial charge in [0.25, 0.3) is 0 Å². The standard InChI is InChI=1S/C13H13ClN4O2/c1-18(2)13-15-6-5-11(17-13)16-8-3-4-9(12(19)20)10(14)7-8/h3-7H,1-2H3,(H,19,20)(H,15,16,17). The maximum absolute atomic E-state index is 10.9. The van der Waals surface area contributed by atoms with Crippen molar-refractivity contribution in [2.45, 2.75) is 0 Å². The van der Waals surface area contributed by atoms with E-state index >= 15 is 0 Å². The van der Waals surface area contributed by atoms with Gasteiger partial charge in [-0.05, 0) is 24.3 Å². The molecule has 1 heterocycles. The Labute approximate surface area is 121 Å². The van der Waals surface area contributed by atoms with Crippen molar-refractivity contribution in [3.63, 3.8) is 0 Å². The molecule has 0 unspecified atom stereocenters. The minimum absolute atomic E-state index is 0.0638. The highest BCUT2D eigenvalue weighted by molar-refractivity contribution is 6.33. The van der Waals surface area contributed by atoms with Gasteiger partial charge in [-0.15, -0.1) is 0 Å². The molecule has 0 saturated heterocycles. The Hall–Kier alpha value is -2.34. The van der Waals surface area contributed by atoms with Crippen LogP contribution in [0.15, 0.2) is 30.5 Å². The first-order chi connectivity index (χ1) is 9.47. The maximum atomic E-state index is 10.9. The second kappa shape index (κ2) is 5.75. The van der Waals surface area contributed by atoms with Gasteiger partial charge in [0, 0.05) is 26.0 Å². The van der Waals surface area contributed by atoms with Crippen molar-refractivity contribution in [2.75, 3.05) is 24.3 Å². The highest BCUT2D eigenvalue weighted by Crippen LogP contribution is 2.23. The fraction of sp³-hybridized carbons (Fsp3) is 0.154. The number of nitrogens with zero attached hydrogens (tertiary/aromatic N) is 3. The van der Waals surface area contributed by atoms with Gasteiger partial charge in [0.1, 0.15) is 5.82 Å². The van der Waals surface area contributed by atoms with Crippen LogP contribution >= 0.6 is 11.6 Å². The smallest absolute Gasteiger partial charge is 0.337 e. The largest absolute Gasteiger partial charge is 0.478 e. The number of carboxylic acid groups (broad SMARTS) is 1. The lowest BCUT2D eigenvalue weighted by Gasteiger charge is -2.12. The van der Waals surface area contributed by atoms with Crippen molar-refractivity contribution < 1.29 is 9.90 Å². The monoisotopic (exact) mass is 292 g/mol. The van der Waals surface area contributed by atoms with Crippen LogP contribution in [0.2, 0.25) is 5.02 Å². The number of anilines is 3. The molecular weight excluding hydrogens is 280 g/mol. The molecule has 6 nitrogen and oxygen atoms in total. The average molecular weight is 293 g/mol. The van der Waals surface area contributed by atoms with E-state index in [0.717, 1.165) is 0 Å². The van der Waals surface area contributed by atoms with Gasteiger partial charge < -0.3 is 15.3 Å². The predicted octanol–water partition coefficient (Wildman–Crippen LogP) is 2.64. The third-order valence-corrected chi connectivity index (χ3v) is 2.83. The maximum Gasteiger partial charge on any atom is 0.337 e. The van der Waals surface area contributed by atoms with E-state index < -0.39 is 5.97 Å². The summed E-state index contributed by atoms with van der Waals surface area (Å²) < 4.78 is 0. The summed E-state index contributed by atoms with van der Waals surface area (Å²) in [7, 11) is 3.69. The minimum Gasteiger partial charge on any atom is -0.478 e. The minimum atomic E-state index is -1.06. The highest BCUT2D eigenvalue weighted by atomic mass is 35.5. The third-order valence-electron chi connectivity index (χ3n) is 2.51. The van der Waals surface area contributed by atoms with Crippen LogP contribution in [0, 0.1) is 0 Å². The van der Waals surface area contributed by atoms with Crippen molar-refractivity contribution in [3.8, 4) is 0 Å². The molecule has 0 spiro atoms. The molecule has 7 heteroatoms. The van der Waals surface area contributed by atoms with Crippen LogP contribution in [-0.4, -0.2) is 35.1 Å². The first-order valence-corrected chi connectivity index (χ1v) is 6.15. The van der Waals surface area contributed by atoms with Gasteiger partial charge >= 0.3 is 5.97 Å². The Kier molecular flexibility index (Phi) is 4.05. The molecule has 0 bridgehead atoms. The number of hydrogen-bond acceptors (Lipinski definition) is 5. The summed E-state index contributed by atoms with van der Waals surface area (Å²) in [5.74, 6) is 0.115. The van der Waals surface area contributed by atoms with Crippen molar-refractivity contribution in [2.24, 2.45) is 0 Å². The Morgan fingerprint density at radius 3 is 2.70 bits per heavy atom. The molecule has 1 aromatic carbocycles. The third kappa shape index (κ3) is 3.16. The van der Waals surface area contributed by atoms with Crippen molar-refractivity contribution in [3.05, 3.63) is 41.0 Å². The molecular formula is C13H13ClN4O2. The summed E-state index contributed by atoms with van der Waals surface area (Å²) in [6.07, 6.45) is 1.64. The zero-order valence-electron chi connectivity index (χ0n) is 11.0. The van der Waals surface area contributed by atoms with E-state index in [0.29, 0.717) is 17.5 Å². The summed E-state index contributed by atoms with van der Waals surface area (Å²) in [6.45, 7) is 0. The lowest BCUT2D eigenvalue weighted by atomic mass is 10.2. The molecule has 0 atom stereocenters. The van der Waals surface area contributed by atoms with Crippen LogP contribution in [0.3, 0.4) is 0 Å². The Morgan fingerprint density at radius 1 is 1.35 bits per heavy atom. The summed E-state index contributed by atoms with van der Waals surface area (Å²) >= 11 is 5.91. The normalized spacial score (nSPS) is 10.2. The van der Waals surface area contributed by atoms with E-state index in [1.165, 1.54) is 6.07 Å². The van der Waals surface area contributed by atoms with E-state index in [1.54, 1.807) is 29.3 Å². The lowest BCUT2D eigenvalue weighted by Crippen LogP contribution is -2.13. The van der Waals surface area contributed by atoms with Crippen molar-refractivity contribution in [1.82, 2.24) is 9.97 Å². The second-order valence-electron chi connectivity index (χ2n) is 4.26. The number of benzene rings is 1. The Bertz CT molecular complexity index is 646. The molecule has 0 aliphatic rings. The molecule has 20 heavy (non-hydrogen) atoms. The highest BCUT2D eigenvalue weighted by Gasteiger charge is 2.09. The number of carboxylic acids is 1. The van der Waals surface area contributed by atoms with Gasteiger partial charge in [-0.2, -0.15) is 4.98 Å². The summed E-state index contributed by atoms with van der Waals surface area (Å²) in [5, 5.41) is 12.1. The molecule has 0 aliphatic carbocycles. The average Bonchev–Trinajstić information content (AvgIpc) is 2.38. The fourth-order valence-electron chi connectivity index (χ4n) is 1.55. The van der Waals surface area contributed by atoms with E-state index in [9.17, 15) is 4.79 Å². The van der Waals surface area contributed by atoms with Crippen molar-refractivity contribution >= 4 is 35.0 Å². The van der Waals surface area contributed by atoms with Crippen LogP contribution < -0.4 is 10.2 Å². The fourth-order valence-corrected chi connectivity index (χ4v) is 1.81. The van der Waals surface area contributed by atoms with E-state index in [1.807, 2.05) is 14.1 Å². The zero-order valence-corrected chi connectivity index (χ0v) is 11.7. The number of aromatic nitrogens is 2.